The van der Waals surface area contributed by atoms with Crippen molar-refractivity contribution >= 4 is 5.97 Å². The zero-order valence-corrected chi connectivity index (χ0v) is 7.34. The van der Waals surface area contributed by atoms with Gasteiger partial charge in [-0.1, -0.05) is 19.4 Å². The van der Waals surface area contributed by atoms with Crippen molar-refractivity contribution < 1.29 is 9.90 Å². The summed E-state index contributed by atoms with van der Waals surface area (Å²) in [5.74, 6) is -0.794. The van der Waals surface area contributed by atoms with Crippen molar-refractivity contribution in [1.29, 1.82) is 0 Å². The molecule has 0 saturated carbocycles. The summed E-state index contributed by atoms with van der Waals surface area (Å²) in [7, 11) is 0. The first-order chi connectivity index (χ1) is 5.74. The van der Waals surface area contributed by atoms with Crippen molar-refractivity contribution in [3.8, 4) is 0 Å². The standard InChI is InChI=1S/C9H15NO2/c1-2-3-8-5-4-7(6-10-8)9(11)12/h4,8,10H,2-3,5-6H2,1H3,(H,11,12). The molecular formula is C9H15NO2. The highest BCUT2D eigenvalue weighted by molar-refractivity contribution is 5.87. The first kappa shape index (κ1) is 9.26. The lowest BCUT2D eigenvalue weighted by atomic mass is 10.0. The molecule has 12 heavy (non-hydrogen) atoms. The first-order valence-corrected chi connectivity index (χ1v) is 4.39. The molecule has 2 N–H and O–H groups in total. The van der Waals surface area contributed by atoms with Crippen LogP contribution >= 0.6 is 0 Å². The van der Waals surface area contributed by atoms with Crippen LogP contribution in [0.2, 0.25) is 0 Å². The van der Waals surface area contributed by atoms with Crippen LogP contribution in [0.25, 0.3) is 0 Å². The Labute approximate surface area is 72.5 Å². The van der Waals surface area contributed by atoms with Gasteiger partial charge in [-0.05, 0) is 12.8 Å². The van der Waals surface area contributed by atoms with E-state index in [0.717, 1.165) is 19.3 Å². The summed E-state index contributed by atoms with van der Waals surface area (Å²) < 4.78 is 0. The highest BCUT2D eigenvalue weighted by atomic mass is 16.4. The predicted octanol–water partition coefficient (Wildman–Crippen LogP) is 1.16. The topological polar surface area (TPSA) is 49.3 Å². The second-order valence-corrected chi connectivity index (χ2v) is 3.14. The molecule has 0 saturated heterocycles. The van der Waals surface area contributed by atoms with Gasteiger partial charge in [0, 0.05) is 18.2 Å². The van der Waals surface area contributed by atoms with Gasteiger partial charge in [-0.2, -0.15) is 0 Å². The fourth-order valence-electron chi connectivity index (χ4n) is 1.43. The van der Waals surface area contributed by atoms with E-state index in [9.17, 15) is 4.79 Å². The van der Waals surface area contributed by atoms with Crippen LogP contribution in [0.15, 0.2) is 11.6 Å². The number of hydrogen-bond donors (Lipinski definition) is 2. The molecule has 0 aromatic rings. The molecule has 1 aliphatic heterocycles. The SMILES string of the molecule is CCCC1CC=C(C(=O)O)CN1. The monoisotopic (exact) mass is 169 g/mol. The zero-order valence-electron chi connectivity index (χ0n) is 7.34. The summed E-state index contributed by atoms with van der Waals surface area (Å²) in [6, 6.07) is 0.484. The van der Waals surface area contributed by atoms with Crippen molar-refractivity contribution in [3.63, 3.8) is 0 Å². The maximum Gasteiger partial charge on any atom is 0.332 e. The summed E-state index contributed by atoms with van der Waals surface area (Å²) >= 11 is 0. The third kappa shape index (κ3) is 2.34. The molecule has 0 aromatic carbocycles. The quantitative estimate of drug-likeness (QED) is 0.666. The lowest BCUT2D eigenvalue weighted by Crippen LogP contribution is -2.35. The Bertz CT molecular complexity index is 199. The summed E-state index contributed by atoms with van der Waals surface area (Å²) in [4.78, 5) is 10.5. The van der Waals surface area contributed by atoms with Gasteiger partial charge in [-0.25, -0.2) is 4.79 Å². The maximum atomic E-state index is 10.5. The largest absolute Gasteiger partial charge is 0.478 e. The number of aliphatic carboxylic acids is 1. The van der Waals surface area contributed by atoms with Gasteiger partial charge in [0.05, 0.1) is 0 Å². The maximum absolute atomic E-state index is 10.5. The molecule has 0 aliphatic carbocycles. The van der Waals surface area contributed by atoms with Crippen LogP contribution in [0.3, 0.4) is 0 Å². The van der Waals surface area contributed by atoms with Gasteiger partial charge in [0.1, 0.15) is 0 Å². The van der Waals surface area contributed by atoms with Gasteiger partial charge in [-0.3, -0.25) is 0 Å². The Morgan fingerprint density at radius 2 is 2.58 bits per heavy atom. The molecule has 0 radical (unpaired) electrons. The predicted molar refractivity (Wildman–Crippen MR) is 47.0 cm³/mol. The Morgan fingerprint density at radius 3 is 3.00 bits per heavy atom. The van der Waals surface area contributed by atoms with Gasteiger partial charge >= 0.3 is 5.97 Å². The van der Waals surface area contributed by atoms with Crippen molar-refractivity contribution in [2.45, 2.75) is 32.2 Å². The smallest absolute Gasteiger partial charge is 0.332 e. The van der Waals surface area contributed by atoms with Crippen LogP contribution in [-0.4, -0.2) is 23.7 Å². The van der Waals surface area contributed by atoms with E-state index in [1.807, 2.05) is 6.08 Å². The molecule has 0 spiro atoms. The Hall–Kier alpha value is -0.830. The fourth-order valence-corrected chi connectivity index (χ4v) is 1.43. The van der Waals surface area contributed by atoms with Crippen molar-refractivity contribution in [1.82, 2.24) is 5.32 Å². The number of carbonyl (C=O) groups is 1. The van der Waals surface area contributed by atoms with E-state index in [4.69, 9.17) is 5.11 Å². The van der Waals surface area contributed by atoms with Gasteiger partial charge in [0.2, 0.25) is 0 Å². The van der Waals surface area contributed by atoms with Crippen LogP contribution in [0, 0.1) is 0 Å². The average molecular weight is 169 g/mol. The van der Waals surface area contributed by atoms with E-state index in [2.05, 4.69) is 12.2 Å². The summed E-state index contributed by atoms with van der Waals surface area (Å²) in [6.07, 6.45) is 4.96. The minimum Gasteiger partial charge on any atom is -0.478 e. The minimum atomic E-state index is -0.794. The summed E-state index contributed by atoms with van der Waals surface area (Å²) in [6.45, 7) is 2.65. The second kappa shape index (κ2) is 4.26. The van der Waals surface area contributed by atoms with E-state index in [1.165, 1.54) is 0 Å². The molecule has 68 valence electrons. The van der Waals surface area contributed by atoms with E-state index >= 15 is 0 Å². The van der Waals surface area contributed by atoms with Crippen molar-refractivity contribution in [2.24, 2.45) is 0 Å². The number of carboxylic acid groups (broad SMARTS) is 1. The van der Waals surface area contributed by atoms with Crippen LogP contribution in [0.4, 0.5) is 0 Å². The number of hydrogen-bond acceptors (Lipinski definition) is 2. The van der Waals surface area contributed by atoms with Gasteiger partial charge in [-0.15, -0.1) is 0 Å². The highest BCUT2D eigenvalue weighted by Gasteiger charge is 2.15. The molecule has 1 unspecified atom stereocenters. The zero-order chi connectivity index (χ0) is 8.97. The minimum absolute atomic E-state index is 0.484. The third-order valence-electron chi connectivity index (χ3n) is 2.14. The van der Waals surface area contributed by atoms with E-state index in [-0.39, 0.29) is 0 Å². The number of carboxylic acids is 1. The highest BCUT2D eigenvalue weighted by Crippen LogP contribution is 2.10. The Morgan fingerprint density at radius 1 is 1.83 bits per heavy atom. The van der Waals surface area contributed by atoms with Crippen molar-refractivity contribution in [2.75, 3.05) is 6.54 Å². The molecule has 1 atom stereocenters. The number of nitrogens with one attached hydrogen (secondary N) is 1. The van der Waals surface area contributed by atoms with Gasteiger partial charge in [0.15, 0.2) is 0 Å². The molecule has 3 nitrogen and oxygen atoms in total. The first-order valence-electron chi connectivity index (χ1n) is 4.39. The molecule has 0 aromatic heterocycles. The summed E-state index contributed by atoms with van der Waals surface area (Å²) in [5, 5.41) is 11.8. The van der Waals surface area contributed by atoms with Gasteiger partial charge in [0.25, 0.3) is 0 Å². The average Bonchev–Trinajstić information content (AvgIpc) is 2.06. The van der Waals surface area contributed by atoms with Crippen LogP contribution < -0.4 is 5.32 Å². The summed E-state index contributed by atoms with van der Waals surface area (Å²) in [5.41, 5.74) is 0.502. The molecule has 1 heterocycles. The van der Waals surface area contributed by atoms with E-state index in [0.29, 0.717) is 18.2 Å². The molecule has 1 aliphatic rings. The van der Waals surface area contributed by atoms with E-state index in [1.54, 1.807) is 0 Å². The van der Waals surface area contributed by atoms with Gasteiger partial charge < -0.3 is 10.4 Å². The number of rotatable bonds is 3. The molecule has 3 heteroatoms. The van der Waals surface area contributed by atoms with Crippen LogP contribution in [0.1, 0.15) is 26.2 Å². The van der Waals surface area contributed by atoms with E-state index < -0.39 is 5.97 Å². The molecule has 0 bridgehead atoms. The third-order valence-corrected chi connectivity index (χ3v) is 2.14. The lowest BCUT2D eigenvalue weighted by Gasteiger charge is -2.21. The fraction of sp³-hybridized carbons (Fsp3) is 0.667. The Kier molecular flexibility index (Phi) is 3.29. The normalized spacial score (nSPS) is 23.4. The molecule has 1 rings (SSSR count). The molecule has 0 fully saturated rings. The molecular weight excluding hydrogens is 154 g/mol. The lowest BCUT2D eigenvalue weighted by molar-refractivity contribution is -0.132. The van der Waals surface area contributed by atoms with Crippen LogP contribution in [-0.2, 0) is 4.79 Å². The van der Waals surface area contributed by atoms with Crippen molar-refractivity contribution in [3.05, 3.63) is 11.6 Å². The second-order valence-electron chi connectivity index (χ2n) is 3.14. The molecule has 0 amide bonds. The Balaban J connectivity index is 2.42. The van der Waals surface area contributed by atoms with Crippen LogP contribution in [0.5, 0.6) is 0 Å².